The number of benzene rings is 1. The summed E-state index contributed by atoms with van der Waals surface area (Å²) in [5.41, 5.74) is 4.72. The van der Waals surface area contributed by atoms with Crippen LogP contribution in [0.5, 0.6) is 0 Å². The van der Waals surface area contributed by atoms with Crippen molar-refractivity contribution in [3.63, 3.8) is 0 Å². The molecular weight excluding hydrogens is 430 g/mol. The Morgan fingerprint density at radius 2 is 1.97 bits per heavy atom. The molecule has 186 valence electrons. The van der Waals surface area contributed by atoms with Crippen molar-refractivity contribution in [3.8, 4) is 0 Å². The predicted octanol–water partition coefficient (Wildman–Crippen LogP) is 4.26. The van der Waals surface area contributed by atoms with E-state index in [0.29, 0.717) is 23.5 Å². The van der Waals surface area contributed by atoms with E-state index in [9.17, 15) is 4.79 Å². The number of rotatable bonds is 9. The Hall–Kier alpha value is -2.78. The van der Waals surface area contributed by atoms with Gasteiger partial charge in [-0.3, -0.25) is 9.63 Å². The number of nitrogens with one attached hydrogen (secondary N) is 3. The van der Waals surface area contributed by atoms with Gasteiger partial charge < -0.3 is 15.5 Å². The third kappa shape index (κ3) is 7.11. The first-order valence-electron chi connectivity index (χ1n) is 12.0. The minimum Gasteiger partial charge on any atom is -0.350 e. The molecule has 3 N–H and O–H groups in total. The van der Waals surface area contributed by atoms with E-state index < -0.39 is 0 Å². The lowest BCUT2D eigenvalue weighted by Crippen LogP contribution is -2.27. The normalized spacial score (nSPS) is 17.4. The number of amides is 1. The van der Waals surface area contributed by atoms with E-state index in [4.69, 9.17) is 14.8 Å². The Bertz CT molecular complexity index is 990. The van der Waals surface area contributed by atoms with E-state index in [1.165, 1.54) is 7.11 Å². The van der Waals surface area contributed by atoms with Crippen LogP contribution < -0.4 is 16.1 Å². The second kappa shape index (κ2) is 11.1. The van der Waals surface area contributed by atoms with Crippen molar-refractivity contribution >= 4 is 23.5 Å². The number of hydrogen-bond donors (Lipinski definition) is 3. The molecule has 1 aliphatic heterocycles. The Morgan fingerprint density at radius 1 is 1.24 bits per heavy atom. The summed E-state index contributed by atoms with van der Waals surface area (Å²) in [6, 6.07) is 5.72. The summed E-state index contributed by atoms with van der Waals surface area (Å²) >= 11 is 0. The number of likely N-dealkylation sites (N-methyl/N-ethyl adjacent to an activating group) is 1. The monoisotopic (exact) mass is 469 g/mol. The standard InChI is InChI=1S/C25H39N7O2/c1-8-32-12-11-19(15-32)26-23-28-21(17(3)14-25(4,5)6)29-24(30-23)27-20-13-18(10-9-16(20)2)22(33)31-34-7/h9-10,13,17,19H,8,11-12,14-15H2,1-7H3,(H,31,33)(H2,26,27,28,29,30)/t17?,19-/m0/s1. The minimum absolute atomic E-state index is 0.153. The van der Waals surface area contributed by atoms with Gasteiger partial charge in [0.05, 0.1) is 7.11 Å². The second-order valence-corrected chi connectivity index (χ2v) is 10.3. The number of carbonyl (C=O) groups excluding carboxylic acids is 1. The van der Waals surface area contributed by atoms with Gasteiger partial charge in [-0.2, -0.15) is 15.0 Å². The SMILES string of the molecule is CCN1CC[C@H](Nc2nc(Nc3cc(C(=O)NOC)ccc3C)nc(C(C)CC(C)(C)C)n2)C1. The van der Waals surface area contributed by atoms with Gasteiger partial charge in [0.25, 0.3) is 5.91 Å². The number of hydroxylamine groups is 1. The van der Waals surface area contributed by atoms with Crippen LogP contribution in [-0.4, -0.2) is 58.5 Å². The molecule has 1 aromatic carbocycles. The lowest BCUT2D eigenvalue weighted by atomic mass is 9.85. The van der Waals surface area contributed by atoms with E-state index in [2.05, 4.69) is 60.6 Å². The molecule has 0 radical (unpaired) electrons. The zero-order valence-corrected chi connectivity index (χ0v) is 21.5. The molecule has 1 amide bonds. The summed E-state index contributed by atoms with van der Waals surface area (Å²) in [7, 11) is 1.41. The van der Waals surface area contributed by atoms with Crippen LogP contribution in [0.2, 0.25) is 0 Å². The zero-order valence-electron chi connectivity index (χ0n) is 21.5. The lowest BCUT2D eigenvalue weighted by molar-refractivity contribution is 0.0537. The van der Waals surface area contributed by atoms with Crippen LogP contribution in [0, 0.1) is 12.3 Å². The number of aryl methyl sites for hydroxylation is 1. The van der Waals surface area contributed by atoms with E-state index in [0.717, 1.165) is 49.6 Å². The first kappa shape index (κ1) is 25.8. The number of anilines is 3. The van der Waals surface area contributed by atoms with Gasteiger partial charge in [0.1, 0.15) is 5.82 Å². The number of nitrogens with zero attached hydrogens (tertiary/aromatic N) is 4. The van der Waals surface area contributed by atoms with Crippen molar-refractivity contribution in [2.75, 3.05) is 37.4 Å². The Balaban J connectivity index is 1.90. The van der Waals surface area contributed by atoms with Crippen LogP contribution in [0.3, 0.4) is 0 Å². The molecular formula is C25H39N7O2. The van der Waals surface area contributed by atoms with Crippen molar-refractivity contribution in [1.82, 2.24) is 25.3 Å². The second-order valence-electron chi connectivity index (χ2n) is 10.3. The lowest BCUT2D eigenvalue weighted by Gasteiger charge is -2.23. The van der Waals surface area contributed by atoms with Crippen LogP contribution in [-0.2, 0) is 4.84 Å². The summed E-state index contributed by atoms with van der Waals surface area (Å²) in [6.45, 7) is 16.1. The molecule has 1 aliphatic rings. The molecule has 1 saturated heterocycles. The number of likely N-dealkylation sites (tertiary alicyclic amines) is 1. The highest BCUT2D eigenvalue weighted by atomic mass is 16.6. The van der Waals surface area contributed by atoms with Gasteiger partial charge in [-0.1, -0.05) is 40.7 Å². The van der Waals surface area contributed by atoms with Gasteiger partial charge in [-0.15, -0.1) is 0 Å². The molecule has 1 aromatic heterocycles. The van der Waals surface area contributed by atoms with E-state index in [1.54, 1.807) is 12.1 Å². The first-order chi connectivity index (χ1) is 16.1. The van der Waals surface area contributed by atoms with Crippen molar-refractivity contribution in [2.45, 2.75) is 66.3 Å². The Labute approximate surface area is 203 Å². The van der Waals surface area contributed by atoms with E-state index in [-0.39, 0.29) is 17.2 Å². The summed E-state index contributed by atoms with van der Waals surface area (Å²) in [4.78, 5) is 33.6. The zero-order chi connectivity index (χ0) is 24.9. The molecule has 2 atom stereocenters. The largest absolute Gasteiger partial charge is 0.350 e. The van der Waals surface area contributed by atoms with Gasteiger partial charge in [-0.05, 0) is 49.4 Å². The summed E-state index contributed by atoms with van der Waals surface area (Å²) < 4.78 is 0. The van der Waals surface area contributed by atoms with Gasteiger partial charge in [-0.25, -0.2) is 5.48 Å². The average molecular weight is 470 g/mol. The van der Waals surface area contributed by atoms with Gasteiger partial charge >= 0.3 is 0 Å². The van der Waals surface area contributed by atoms with Crippen LogP contribution >= 0.6 is 0 Å². The Morgan fingerprint density at radius 3 is 2.62 bits per heavy atom. The molecule has 34 heavy (non-hydrogen) atoms. The molecule has 1 unspecified atom stereocenters. The fourth-order valence-corrected chi connectivity index (χ4v) is 4.33. The first-order valence-corrected chi connectivity index (χ1v) is 12.0. The van der Waals surface area contributed by atoms with Crippen LogP contribution in [0.25, 0.3) is 0 Å². The topological polar surface area (TPSA) is 104 Å². The number of carbonyl (C=O) groups is 1. The molecule has 0 bridgehead atoms. The maximum atomic E-state index is 12.2. The molecule has 2 heterocycles. The summed E-state index contributed by atoms with van der Waals surface area (Å²) in [6.07, 6.45) is 2.01. The third-order valence-electron chi connectivity index (χ3n) is 6.01. The maximum Gasteiger partial charge on any atom is 0.274 e. The molecule has 1 fully saturated rings. The van der Waals surface area contributed by atoms with Crippen molar-refractivity contribution in [3.05, 3.63) is 35.2 Å². The van der Waals surface area contributed by atoms with Crippen molar-refractivity contribution < 1.29 is 9.63 Å². The average Bonchev–Trinajstić information content (AvgIpc) is 3.21. The van der Waals surface area contributed by atoms with Crippen LogP contribution in [0.4, 0.5) is 17.6 Å². The fraction of sp³-hybridized carbons (Fsp3) is 0.600. The highest BCUT2D eigenvalue weighted by Crippen LogP contribution is 2.30. The van der Waals surface area contributed by atoms with Gasteiger partial charge in [0, 0.05) is 36.3 Å². The van der Waals surface area contributed by atoms with Crippen LogP contribution in [0.1, 0.15) is 75.1 Å². The molecule has 0 aliphatic carbocycles. The number of hydrogen-bond acceptors (Lipinski definition) is 8. The predicted molar refractivity (Wildman–Crippen MR) is 135 cm³/mol. The van der Waals surface area contributed by atoms with Crippen LogP contribution in [0.15, 0.2) is 18.2 Å². The molecule has 2 aromatic rings. The molecule has 0 saturated carbocycles. The summed E-state index contributed by atoms with van der Waals surface area (Å²) in [5.74, 6) is 1.66. The number of aromatic nitrogens is 3. The maximum absolute atomic E-state index is 12.2. The highest BCUT2D eigenvalue weighted by Gasteiger charge is 2.24. The van der Waals surface area contributed by atoms with E-state index in [1.807, 2.05) is 13.0 Å². The molecule has 3 rings (SSSR count). The molecule has 9 nitrogen and oxygen atoms in total. The Kier molecular flexibility index (Phi) is 8.43. The highest BCUT2D eigenvalue weighted by molar-refractivity contribution is 5.94. The van der Waals surface area contributed by atoms with Gasteiger partial charge in [0.2, 0.25) is 11.9 Å². The fourth-order valence-electron chi connectivity index (χ4n) is 4.33. The third-order valence-corrected chi connectivity index (χ3v) is 6.01. The molecule has 9 heteroatoms. The summed E-state index contributed by atoms with van der Waals surface area (Å²) in [5, 5.41) is 6.85. The van der Waals surface area contributed by atoms with Crippen molar-refractivity contribution in [2.24, 2.45) is 5.41 Å². The molecule has 0 spiro atoms. The quantitative estimate of drug-likeness (QED) is 0.468. The van der Waals surface area contributed by atoms with Crippen molar-refractivity contribution in [1.29, 1.82) is 0 Å². The van der Waals surface area contributed by atoms with E-state index >= 15 is 0 Å². The smallest absolute Gasteiger partial charge is 0.274 e. The minimum atomic E-state index is -0.315. The van der Waals surface area contributed by atoms with Gasteiger partial charge in [0.15, 0.2) is 0 Å².